The van der Waals surface area contributed by atoms with E-state index in [1.54, 1.807) is 18.2 Å². The maximum atomic E-state index is 13.4. The van der Waals surface area contributed by atoms with Crippen molar-refractivity contribution < 1.29 is 19.4 Å². The number of aromatic nitrogens is 2. The summed E-state index contributed by atoms with van der Waals surface area (Å²) in [5.74, 6) is -0.553. The normalized spacial score (nSPS) is 14.9. The van der Waals surface area contributed by atoms with Crippen molar-refractivity contribution in [2.24, 2.45) is 0 Å². The summed E-state index contributed by atoms with van der Waals surface area (Å²) in [6, 6.07) is 11.8. The molecule has 0 amide bonds. The number of nitrogens with zero attached hydrogens (tertiary/aromatic N) is 2. The number of carboxylic acid groups (broad SMARTS) is 1. The summed E-state index contributed by atoms with van der Waals surface area (Å²) < 4.78 is 12.7. The van der Waals surface area contributed by atoms with Gasteiger partial charge in [-0.2, -0.15) is 0 Å². The van der Waals surface area contributed by atoms with E-state index in [2.05, 4.69) is 0 Å². The van der Waals surface area contributed by atoms with Crippen LogP contribution in [0, 0.1) is 0 Å². The smallest absolute Gasteiger partial charge is 0.342 e. The number of methoxy groups -OCH3 is 2. The van der Waals surface area contributed by atoms with Crippen LogP contribution < -0.4 is 20.7 Å². The van der Waals surface area contributed by atoms with Crippen molar-refractivity contribution in [1.29, 1.82) is 0 Å². The fraction of sp³-hybridized carbons (Fsp3) is 0.227. The van der Waals surface area contributed by atoms with Gasteiger partial charge >= 0.3 is 11.7 Å². The van der Waals surface area contributed by atoms with Crippen molar-refractivity contribution >= 4 is 5.97 Å². The van der Waals surface area contributed by atoms with Gasteiger partial charge in [0.05, 0.1) is 25.9 Å². The first kappa shape index (κ1) is 19.5. The summed E-state index contributed by atoms with van der Waals surface area (Å²) in [7, 11) is 2.95. The minimum absolute atomic E-state index is 0.361. The monoisotopic (exact) mass is 408 g/mol. The molecule has 1 aromatic heterocycles. The Hall–Kier alpha value is -3.81. The number of aryl methyl sites for hydroxylation is 1. The number of hydrogen-bond donors (Lipinski definition) is 1. The third kappa shape index (κ3) is 3.06. The predicted molar refractivity (Wildman–Crippen MR) is 109 cm³/mol. The lowest BCUT2D eigenvalue weighted by atomic mass is 10.1. The van der Waals surface area contributed by atoms with Gasteiger partial charge in [0, 0.05) is 12.3 Å². The first-order valence-electron chi connectivity index (χ1n) is 9.38. The molecule has 154 valence electrons. The number of benzene rings is 2. The van der Waals surface area contributed by atoms with Crippen LogP contribution in [-0.2, 0) is 6.42 Å². The molecule has 4 rings (SSSR count). The molecule has 0 spiro atoms. The van der Waals surface area contributed by atoms with E-state index in [1.807, 2.05) is 24.3 Å². The van der Waals surface area contributed by atoms with Crippen LogP contribution in [0.4, 0.5) is 0 Å². The Morgan fingerprint density at radius 2 is 1.80 bits per heavy atom. The summed E-state index contributed by atoms with van der Waals surface area (Å²) in [5, 5.41) is 9.60. The van der Waals surface area contributed by atoms with E-state index in [0.717, 1.165) is 26.5 Å². The second kappa shape index (κ2) is 7.55. The molecule has 0 fully saturated rings. The molecular weight excluding hydrogens is 388 g/mol. The Labute approximate surface area is 171 Å². The molecule has 30 heavy (non-hydrogen) atoms. The maximum Gasteiger partial charge on any atom is 0.342 e. The van der Waals surface area contributed by atoms with Crippen molar-refractivity contribution in [3.63, 3.8) is 0 Å². The van der Waals surface area contributed by atoms with Crippen LogP contribution in [0.1, 0.15) is 33.9 Å². The SMILES string of the molecule is COc1ccc(-n2cc(C(=O)O)c(=O)n(C3CCc4ccccc43)c2=O)cc1OC. The molecule has 0 bridgehead atoms. The van der Waals surface area contributed by atoms with E-state index < -0.39 is 28.8 Å². The topological polar surface area (TPSA) is 99.8 Å². The average molecular weight is 408 g/mol. The van der Waals surface area contributed by atoms with Crippen LogP contribution in [0.3, 0.4) is 0 Å². The first-order valence-corrected chi connectivity index (χ1v) is 9.38. The van der Waals surface area contributed by atoms with E-state index >= 15 is 0 Å². The molecule has 0 saturated carbocycles. The summed E-state index contributed by atoms with van der Waals surface area (Å²) >= 11 is 0. The van der Waals surface area contributed by atoms with Crippen molar-refractivity contribution in [2.45, 2.75) is 18.9 Å². The predicted octanol–water partition coefficient (Wildman–Crippen LogP) is 2.25. The van der Waals surface area contributed by atoms with E-state index in [1.165, 1.54) is 14.2 Å². The van der Waals surface area contributed by atoms with Crippen LogP contribution >= 0.6 is 0 Å². The lowest BCUT2D eigenvalue weighted by molar-refractivity contribution is 0.0693. The van der Waals surface area contributed by atoms with Gasteiger partial charge in [0.15, 0.2) is 11.5 Å². The van der Waals surface area contributed by atoms with Crippen molar-refractivity contribution in [1.82, 2.24) is 9.13 Å². The summed E-state index contributed by atoms with van der Waals surface area (Å²) in [5.41, 5.74) is 0.365. The van der Waals surface area contributed by atoms with E-state index in [0.29, 0.717) is 30.0 Å². The minimum atomic E-state index is -1.39. The molecule has 0 radical (unpaired) electrons. The highest BCUT2D eigenvalue weighted by Gasteiger charge is 2.29. The number of carboxylic acids is 1. The quantitative estimate of drug-likeness (QED) is 0.695. The molecule has 8 nitrogen and oxygen atoms in total. The molecule has 2 aromatic carbocycles. The summed E-state index contributed by atoms with van der Waals surface area (Å²) in [4.78, 5) is 38.1. The first-order chi connectivity index (χ1) is 14.5. The lowest BCUT2D eigenvalue weighted by Gasteiger charge is -2.18. The zero-order chi connectivity index (χ0) is 21.4. The molecule has 8 heteroatoms. The van der Waals surface area contributed by atoms with Gasteiger partial charge in [-0.05, 0) is 36.1 Å². The highest BCUT2D eigenvalue weighted by Crippen LogP contribution is 2.33. The van der Waals surface area contributed by atoms with Crippen LogP contribution in [-0.4, -0.2) is 34.4 Å². The maximum absolute atomic E-state index is 13.4. The standard InChI is InChI=1S/C22H20N2O6/c1-29-18-10-8-14(11-19(18)30-2)23-12-16(21(26)27)20(25)24(22(23)28)17-9-7-13-5-3-4-6-15(13)17/h3-6,8,10-12,17H,7,9H2,1-2H3,(H,26,27). The number of fused-ring (bicyclic) bond motifs is 1. The van der Waals surface area contributed by atoms with Gasteiger partial charge in [0.1, 0.15) is 5.56 Å². The number of ether oxygens (including phenoxy) is 2. The molecule has 0 aliphatic heterocycles. The number of carbonyl (C=O) groups is 1. The van der Waals surface area contributed by atoms with Gasteiger partial charge in [0.2, 0.25) is 0 Å². The third-order valence-corrected chi connectivity index (χ3v) is 5.41. The summed E-state index contributed by atoms with van der Waals surface area (Å²) in [6.07, 6.45) is 2.31. The zero-order valence-corrected chi connectivity index (χ0v) is 16.5. The van der Waals surface area contributed by atoms with E-state index in [-0.39, 0.29) is 0 Å². The highest BCUT2D eigenvalue weighted by atomic mass is 16.5. The Balaban J connectivity index is 1.98. The zero-order valence-electron chi connectivity index (χ0n) is 16.5. The van der Waals surface area contributed by atoms with Gasteiger partial charge < -0.3 is 14.6 Å². The molecule has 1 aliphatic rings. The second-order valence-electron chi connectivity index (χ2n) is 6.97. The summed E-state index contributed by atoms with van der Waals surface area (Å²) in [6.45, 7) is 0. The van der Waals surface area contributed by atoms with Crippen LogP contribution in [0.15, 0.2) is 58.3 Å². The van der Waals surface area contributed by atoms with E-state index in [9.17, 15) is 19.5 Å². The molecular formula is C22H20N2O6. The van der Waals surface area contributed by atoms with Crippen molar-refractivity contribution in [3.05, 3.63) is 86.2 Å². The fourth-order valence-corrected chi connectivity index (χ4v) is 3.96. The van der Waals surface area contributed by atoms with Gasteiger partial charge in [0.25, 0.3) is 5.56 Å². The molecule has 0 saturated heterocycles. The van der Waals surface area contributed by atoms with Crippen LogP contribution in [0.2, 0.25) is 0 Å². The van der Waals surface area contributed by atoms with Gasteiger partial charge in [-0.15, -0.1) is 0 Å². The van der Waals surface area contributed by atoms with Gasteiger partial charge in [-0.1, -0.05) is 24.3 Å². The molecule has 1 aliphatic carbocycles. The van der Waals surface area contributed by atoms with Crippen molar-refractivity contribution in [2.75, 3.05) is 14.2 Å². The lowest BCUT2D eigenvalue weighted by Crippen LogP contribution is -2.43. The highest BCUT2D eigenvalue weighted by molar-refractivity contribution is 5.86. The molecule has 3 aromatic rings. The van der Waals surface area contributed by atoms with Crippen molar-refractivity contribution in [3.8, 4) is 17.2 Å². The van der Waals surface area contributed by atoms with Crippen LogP contribution in [0.5, 0.6) is 11.5 Å². The number of aromatic carboxylic acids is 1. The second-order valence-corrected chi connectivity index (χ2v) is 6.97. The number of hydrogen-bond acceptors (Lipinski definition) is 5. The number of rotatable bonds is 5. The van der Waals surface area contributed by atoms with E-state index in [4.69, 9.17) is 9.47 Å². The molecule has 1 atom stereocenters. The molecule has 1 heterocycles. The Bertz CT molecular complexity index is 1260. The Kier molecular flexibility index (Phi) is 4.91. The largest absolute Gasteiger partial charge is 0.493 e. The van der Waals surface area contributed by atoms with Crippen LogP contribution in [0.25, 0.3) is 5.69 Å². The minimum Gasteiger partial charge on any atom is -0.493 e. The van der Waals surface area contributed by atoms with Gasteiger partial charge in [-0.3, -0.25) is 13.9 Å². The molecule has 1 unspecified atom stereocenters. The third-order valence-electron chi connectivity index (χ3n) is 5.41. The fourth-order valence-electron chi connectivity index (χ4n) is 3.96. The Morgan fingerprint density at radius 3 is 2.50 bits per heavy atom. The Morgan fingerprint density at radius 1 is 1.07 bits per heavy atom. The van der Waals surface area contributed by atoms with Gasteiger partial charge in [-0.25, -0.2) is 9.59 Å². The average Bonchev–Trinajstić information content (AvgIpc) is 3.17. The molecule has 1 N–H and O–H groups in total.